The first-order valence-electron chi connectivity index (χ1n) is 6.44. The van der Waals surface area contributed by atoms with Crippen LogP contribution < -0.4 is 0 Å². The van der Waals surface area contributed by atoms with Gasteiger partial charge in [0.1, 0.15) is 0 Å². The molecule has 0 atom stereocenters. The van der Waals surface area contributed by atoms with Crippen molar-refractivity contribution in [2.75, 3.05) is 13.2 Å². The summed E-state index contributed by atoms with van der Waals surface area (Å²) < 4.78 is 7.56. The number of hydrogen-bond donors (Lipinski definition) is 0. The van der Waals surface area contributed by atoms with Gasteiger partial charge in [-0.15, -0.1) is 0 Å². The molecule has 0 aliphatic heterocycles. The summed E-state index contributed by atoms with van der Waals surface area (Å²) in [5, 5.41) is 0. The number of Topliss-reactive ketones (excluding diaryl/α,β-unsaturated/α-hetero) is 1. The summed E-state index contributed by atoms with van der Waals surface area (Å²) in [5.41, 5.74) is 0.858. The number of aromatic nitrogens is 1. The van der Waals surface area contributed by atoms with Crippen molar-refractivity contribution in [1.29, 1.82) is 0 Å². The predicted octanol–water partition coefficient (Wildman–Crippen LogP) is 2.75. The van der Waals surface area contributed by atoms with Gasteiger partial charge in [-0.1, -0.05) is 13.8 Å². The van der Waals surface area contributed by atoms with Crippen LogP contribution in [0.3, 0.4) is 0 Å². The number of nitrogens with zero attached hydrogens (tertiary/aromatic N) is 1. The van der Waals surface area contributed by atoms with Gasteiger partial charge >= 0.3 is 0 Å². The van der Waals surface area contributed by atoms with Crippen molar-refractivity contribution < 1.29 is 9.53 Å². The van der Waals surface area contributed by atoms with E-state index in [1.165, 1.54) is 0 Å². The molecule has 0 unspecified atom stereocenters. The number of hydrogen-bond acceptors (Lipinski definition) is 2. The minimum atomic E-state index is 0.308. The van der Waals surface area contributed by atoms with Crippen LogP contribution in [0, 0.1) is 11.8 Å². The van der Waals surface area contributed by atoms with Crippen molar-refractivity contribution in [1.82, 2.24) is 4.57 Å². The lowest BCUT2D eigenvalue weighted by Crippen LogP contribution is -2.08. The van der Waals surface area contributed by atoms with Crippen molar-refractivity contribution in [3.63, 3.8) is 0 Å². The van der Waals surface area contributed by atoms with E-state index in [2.05, 4.69) is 13.8 Å². The van der Waals surface area contributed by atoms with Gasteiger partial charge < -0.3 is 9.30 Å². The molecule has 3 heteroatoms. The lowest BCUT2D eigenvalue weighted by Gasteiger charge is -2.07. The molecular weight excluding hydrogens is 214 g/mol. The highest BCUT2D eigenvalue weighted by molar-refractivity contribution is 5.99. The molecule has 94 valence electrons. The summed E-state index contributed by atoms with van der Waals surface area (Å²) in [6, 6.07) is 1.92. The summed E-state index contributed by atoms with van der Waals surface area (Å²) in [4.78, 5) is 11.8. The van der Waals surface area contributed by atoms with Gasteiger partial charge in [-0.05, 0) is 24.8 Å². The largest absolute Gasteiger partial charge is 0.379 e. The topological polar surface area (TPSA) is 31.2 Å². The fraction of sp³-hybridized carbons (Fsp3) is 0.643. The van der Waals surface area contributed by atoms with Gasteiger partial charge in [-0.2, -0.15) is 0 Å². The second-order valence-electron chi connectivity index (χ2n) is 5.25. The number of ketones is 1. The third-order valence-corrected chi connectivity index (χ3v) is 2.93. The molecule has 0 saturated heterocycles. The lowest BCUT2D eigenvalue weighted by atomic mass is 10.1. The van der Waals surface area contributed by atoms with E-state index in [9.17, 15) is 4.79 Å². The first-order chi connectivity index (χ1) is 8.16. The zero-order chi connectivity index (χ0) is 12.3. The molecule has 1 saturated carbocycles. The predicted molar refractivity (Wildman–Crippen MR) is 67.1 cm³/mol. The summed E-state index contributed by atoms with van der Waals surface area (Å²) in [6.45, 7) is 6.62. The van der Waals surface area contributed by atoms with E-state index in [4.69, 9.17) is 4.74 Å². The maximum Gasteiger partial charge on any atom is 0.167 e. The number of carbonyl (C=O) groups is 1. The molecule has 0 N–H and O–H groups in total. The Kier molecular flexibility index (Phi) is 4.00. The Hall–Kier alpha value is -1.09. The van der Waals surface area contributed by atoms with Crippen molar-refractivity contribution in [3.05, 3.63) is 24.0 Å². The van der Waals surface area contributed by atoms with Gasteiger partial charge in [0.05, 0.1) is 6.61 Å². The fourth-order valence-electron chi connectivity index (χ4n) is 1.80. The normalized spacial score (nSPS) is 15.5. The molecule has 1 aliphatic rings. The second kappa shape index (κ2) is 5.50. The van der Waals surface area contributed by atoms with Crippen molar-refractivity contribution in [2.45, 2.75) is 33.2 Å². The van der Waals surface area contributed by atoms with Crippen LogP contribution in [0.2, 0.25) is 0 Å². The van der Waals surface area contributed by atoms with Gasteiger partial charge in [0.25, 0.3) is 0 Å². The molecule has 17 heavy (non-hydrogen) atoms. The van der Waals surface area contributed by atoms with Crippen LogP contribution >= 0.6 is 0 Å². The van der Waals surface area contributed by atoms with Gasteiger partial charge in [-0.25, -0.2) is 0 Å². The van der Waals surface area contributed by atoms with Crippen LogP contribution in [0.15, 0.2) is 18.5 Å². The molecule has 1 fully saturated rings. The maximum atomic E-state index is 11.8. The van der Waals surface area contributed by atoms with Crippen molar-refractivity contribution >= 4 is 5.78 Å². The van der Waals surface area contributed by atoms with E-state index in [0.717, 1.165) is 31.6 Å². The molecule has 0 spiro atoms. The van der Waals surface area contributed by atoms with Crippen molar-refractivity contribution in [2.24, 2.45) is 11.8 Å². The number of carbonyl (C=O) groups excluding carboxylic acids is 1. The van der Waals surface area contributed by atoms with E-state index in [0.29, 0.717) is 24.2 Å². The summed E-state index contributed by atoms with van der Waals surface area (Å²) in [6.07, 6.45) is 6.05. The van der Waals surface area contributed by atoms with E-state index >= 15 is 0 Å². The van der Waals surface area contributed by atoms with Gasteiger partial charge in [0, 0.05) is 37.0 Å². The van der Waals surface area contributed by atoms with Gasteiger partial charge in [0.15, 0.2) is 5.78 Å². The maximum absolute atomic E-state index is 11.8. The first kappa shape index (κ1) is 12.4. The quantitative estimate of drug-likeness (QED) is 0.537. The minimum Gasteiger partial charge on any atom is -0.379 e. The average Bonchev–Trinajstić information content (AvgIpc) is 3.03. The number of rotatable bonds is 7. The Morgan fingerprint density at radius 1 is 1.53 bits per heavy atom. The Balaban J connectivity index is 1.76. The van der Waals surface area contributed by atoms with E-state index in [-0.39, 0.29) is 0 Å². The molecule has 0 aromatic carbocycles. The zero-order valence-electron chi connectivity index (χ0n) is 10.7. The van der Waals surface area contributed by atoms with Crippen LogP contribution in [0.1, 0.15) is 37.0 Å². The molecule has 1 aromatic heterocycles. The molecule has 0 bridgehead atoms. The highest BCUT2D eigenvalue weighted by Crippen LogP contribution is 2.32. The molecule has 0 radical (unpaired) electrons. The minimum absolute atomic E-state index is 0.308. The zero-order valence-corrected chi connectivity index (χ0v) is 10.7. The third-order valence-electron chi connectivity index (χ3n) is 2.93. The van der Waals surface area contributed by atoms with Crippen LogP contribution in [-0.2, 0) is 11.3 Å². The Morgan fingerprint density at radius 2 is 2.29 bits per heavy atom. The monoisotopic (exact) mass is 235 g/mol. The molecule has 1 heterocycles. The summed E-state index contributed by atoms with van der Waals surface area (Å²) in [5.74, 6) is 1.20. The lowest BCUT2D eigenvalue weighted by molar-refractivity contribution is 0.0965. The third kappa shape index (κ3) is 3.70. The molecule has 1 aliphatic carbocycles. The standard InChI is InChI=1S/C14H21NO2/c1-11(2)10-17-8-7-15-6-5-13(9-15)14(16)12-3-4-12/h5-6,9,11-12H,3-4,7-8,10H2,1-2H3. The average molecular weight is 235 g/mol. The molecule has 1 aromatic rings. The van der Waals surface area contributed by atoms with Gasteiger partial charge in [-0.3, -0.25) is 4.79 Å². The van der Waals surface area contributed by atoms with E-state index < -0.39 is 0 Å². The molecular formula is C14H21NO2. The highest BCUT2D eigenvalue weighted by Gasteiger charge is 2.30. The fourth-order valence-corrected chi connectivity index (χ4v) is 1.80. The summed E-state index contributed by atoms with van der Waals surface area (Å²) >= 11 is 0. The van der Waals surface area contributed by atoms with Gasteiger partial charge in [0.2, 0.25) is 0 Å². The Morgan fingerprint density at radius 3 is 2.94 bits per heavy atom. The molecule has 3 nitrogen and oxygen atoms in total. The van der Waals surface area contributed by atoms with Crippen LogP contribution in [-0.4, -0.2) is 23.6 Å². The number of ether oxygens (including phenoxy) is 1. The molecule has 0 amide bonds. The van der Waals surface area contributed by atoms with Crippen molar-refractivity contribution in [3.8, 4) is 0 Å². The molecule has 2 rings (SSSR count). The highest BCUT2D eigenvalue weighted by atomic mass is 16.5. The van der Waals surface area contributed by atoms with Crippen LogP contribution in [0.25, 0.3) is 0 Å². The van der Waals surface area contributed by atoms with Crippen LogP contribution in [0.4, 0.5) is 0 Å². The smallest absolute Gasteiger partial charge is 0.167 e. The summed E-state index contributed by atoms with van der Waals surface area (Å²) in [7, 11) is 0. The SMILES string of the molecule is CC(C)COCCn1ccc(C(=O)C2CC2)c1. The Bertz CT molecular complexity index is 377. The van der Waals surface area contributed by atoms with E-state index in [1.54, 1.807) is 0 Å². The Labute approximate surface area is 103 Å². The first-order valence-corrected chi connectivity index (χ1v) is 6.44. The van der Waals surface area contributed by atoms with E-state index in [1.807, 2.05) is 23.0 Å². The second-order valence-corrected chi connectivity index (χ2v) is 5.25. The van der Waals surface area contributed by atoms with Crippen LogP contribution in [0.5, 0.6) is 0 Å².